The molecular formula is C15H10O7. The highest BCUT2D eigenvalue weighted by Gasteiger charge is 2.22. The Labute approximate surface area is 124 Å². The normalized spacial score (nSPS) is 10.0. The van der Waals surface area contributed by atoms with E-state index in [-0.39, 0.29) is 23.3 Å². The van der Waals surface area contributed by atoms with Gasteiger partial charge in [-0.1, -0.05) is 12.1 Å². The summed E-state index contributed by atoms with van der Waals surface area (Å²) in [5.74, 6) is -3.49. The fourth-order valence-electron chi connectivity index (χ4n) is 1.88. The maximum Gasteiger partial charge on any atom is 0.339 e. The number of carboxylic acid groups (broad SMARTS) is 1. The van der Waals surface area contributed by atoms with Crippen LogP contribution in [-0.4, -0.2) is 33.5 Å². The van der Waals surface area contributed by atoms with E-state index in [0.717, 1.165) is 12.1 Å². The van der Waals surface area contributed by atoms with Gasteiger partial charge in [-0.3, -0.25) is 9.59 Å². The third kappa shape index (κ3) is 2.73. The molecule has 2 aromatic rings. The molecule has 22 heavy (non-hydrogen) atoms. The number of hydrogen-bond acceptors (Lipinski definition) is 6. The number of para-hydroxylation sites is 1. The van der Waals surface area contributed by atoms with Crippen LogP contribution >= 0.6 is 0 Å². The van der Waals surface area contributed by atoms with Gasteiger partial charge in [0.25, 0.3) is 6.47 Å². The molecule has 0 unspecified atom stereocenters. The lowest BCUT2D eigenvalue weighted by Gasteiger charge is -2.09. The molecule has 0 aliphatic rings. The summed E-state index contributed by atoms with van der Waals surface area (Å²) < 4.78 is 4.46. The van der Waals surface area contributed by atoms with Crippen LogP contribution in [0.5, 0.6) is 17.2 Å². The lowest BCUT2D eigenvalue weighted by atomic mass is 9.99. The molecule has 0 amide bonds. The summed E-state index contributed by atoms with van der Waals surface area (Å²) >= 11 is 0. The minimum Gasteiger partial charge on any atom is -0.507 e. The quantitative estimate of drug-likeness (QED) is 0.566. The number of carboxylic acids is 1. The number of hydrogen-bond donors (Lipinski definition) is 3. The van der Waals surface area contributed by atoms with Crippen molar-refractivity contribution in [1.82, 2.24) is 0 Å². The second kappa shape index (κ2) is 5.96. The predicted molar refractivity (Wildman–Crippen MR) is 73.3 cm³/mol. The molecule has 0 saturated carbocycles. The van der Waals surface area contributed by atoms with Gasteiger partial charge in [-0.25, -0.2) is 4.79 Å². The van der Waals surface area contributed by atoms with Crippen molar-refractivity contribution in [3.05, 3.63) is 53.1 Å². The standard InChI is InChI=1S/C15H10O7/c16-7-22-13-6-12(18)9(5-10(13)15(20)21)14(19)8-3-1-2-4-11(8)17/h1-7,17-18H,(H,20,21). The zero-order valence-corrected chi connectivity index (χ0v) is 11.0. The van der Waals surface area contributed by atoms with Crippen LogP contribution in [0.15, 0.2) is 36.4 Å². The second-order valence-electron chi connectivity index (χ2n) is 4.23. The first-order chi connectivity index (χ1) is 10.5. The first kappa shape index (κ1) is 15.0. The van der Waals surface area contributed by atoms with Gasteiger partial charge >= 0.3 is 5.97 Å². The van der Waals surface area contributed by atoms with Crippen molar-refractivity contribution in [2.45, 2.75) is 0 Å². The van der Waals surface area contributed by atoms with Crippen molar-refractivity contribution in [1.29, 1.82) is 0 Å². The van der Waals surface area contributed by atoms with Crippen LogP contribution in [0.4, 0.5) is 0 Å². The van der Waals surface area contributed by atoms with E-state index in [1.165, 1.54) is 24.3 Å². The topological polar surface area (TPSA) is 121 Å². The molecule has 2 aromatic carbocycles. The van der Waals surface area contributed by atoms with Crippen LogP contribution in [0.1, 0.15) is 26.3 Å². The maximum absolute atomic E-state index is 12.3. The number of aromatic hydroxyl groups is 2. The first-order valence-electron chi connectivity index (χ1n) is 5.99. The summed E-state index contributed by atoms with van der Waals surface area (Å²) in [6.07, 6.45) is 0. The summed E-state index contributed by atoms with van der Waals surface area (Å²) in [6.45, 7) is 0.00569. The zero-order valence-electron chi connectivity index (χ0n) is 11.0. The average molecular weight is 302 g/mol. The van der Waals surface area contributed by atoms with Crippen molar-refractivity contribution in [2.24, 2.45) is 0 Å². The van der Waals surface area contributed by atoms with Crippen molar-refractivity contribution < 1.29 is 34.4 Å². The number of ether oxygens (including phenoxy) is 1. The van der Waals surface area contributed by atoms with Gasteiger partial charge in [-0.05, 0) is 18.2 Å². The molecule has 0 bridgehead atoms. The third-order valence-electron chi connectivity index (χ3n) is 2.90. The Bertz CT molecular complexity index is 764. The van der Waals surface area contributed by atoms with E-state index < -0.39 is 28.8 Å². The SMILES string of the molecule is O=COc1cc(O)c(C(=O)c2ccccc2O)cc1C(=O)O. The number of aromatic carboxylic acids is 1. The maximum atomic E-state index is 12.3. The van der Waals surface area contributed by atoms with Crippen molar-refractivity contribution in [2.75, 3.05) is 0 Å². The molecule has 0 heterocycles. The van der Waals surface area contributed by atoms with E-state index in [1.807, 2.05) is 0 Å². The number of rotatable bonds is 5. The molecule has 0 saturated heterocycles. The van der Waals surface area contributed by atoms with Crippen molar-refractivity contribution >= 4 is 18.2 Å². The van der Waals surface area contributed by atoms with E-state index in [4.69, 9.17) is 5.11 Å². The number of benzene rings is 2. The molecule has 2 rings (SSSR count). The third-order valence-corrected chi connectivity index (χ3v) is 2.90. The van der Waals surface area contributed by atoms with E-state index in [0.29, 0.717) is 0 Å². The highest BCUT2D eigenvalue weighted by atomic mass is 16.5. The number of phenols is 2. The monoisotopic (exact) mass is 302 g/mol. The van der Waals surface area contributed by atoms with Crippen LogP contribution in [0.2, 0.25) is 0 Å². The molecule has 3 N–H and O–H groups in total. The largest absolute Gasteiger partial charge is 0.507 e. The van der Waals surface area contributed by atoms with Gasteiger partial charge in [0.2, 0.25) is 0 Å². The number of carbonyl (C=O) groups is 3. The highest BCUT2D eigenvalue weighted by molar-refractivity contribution is 6.13. The van der Waals surface area contributed by atoms with E-state index in [1.54, 1.807) is 0 Å². The number of carbonyl (C=O) groups excluding carboxylic acids is 2. The van der Waals surface area contributed by atoms with Gasteiger partial charge < -0.3 is 20.1 Å². The van der Waals surface area contributed by atoms with E-state index >= 15 is 0 Å². The minimum absolute atomic E-state index is 0.00569. The predicted octanol–water partition coefficient (Wildman–Crippen LogP) is 1.56. The number of phenolic OH excluding ortho intramolecular Hbond substituents is 2. The zero-order chi connectivity index (χ0) is 16.3. The summed E-state index contributed by atoms with van der Waals surface area (Å²) in [4.78, 5) is 33.8. The van der Waals surface area contributed by atoms with Crippen molar-refractivity contribution in [3.63, 3.8) is 0 Å². The minimum atomic E-state index is -1.44. The highest BCUT2D eigenvalue weighted by Crippen LogP contribution is 2.31. The molecule has 7 heteroatoms. The average Bonchev–Trinajstić information content (AvgIpc) is 2.47. The molecule has 0 fully saturated rings. The van der Waals surface area contributed by atoms with Crippen LogP contribution in [0.25, 0.3) is 0 Å². The molecule has 0 aliphatic carbocycles. The Morgan fingerprint density at radius 3 is 2.23 bits per heavy atom. The molecule has 0 atom stereocenters. The van der Waals surface area contributed by atoms with Gasteiger partial charge in [0.15, 0.2) is 5.78 Å². The van der Waals surface area contributed by atoms with Gasteiger partial charge in [-0.15, -0.1) is 0 Å². The molecule has 0 aromatic heterocycles. The van der Waals surface area contributed by atoms with Crippen LogP contribution in [0, 0.1) is 0 Å². The first-order valence-corrected chi connectivity index (χ1v) is 5.99. The van der Waals surface area contributed by atoms with Crippen LogP contribution in [-0.2, 0) is 4.79 Å². The molecule has 0 spiro atoms. The molecule has 112 valence electrons. The molecular weight excluding hydrogens is 292 g/mol. The summed E-state index contributed by atoms with van der Waals surface area (Å²) in [7, 11) is 0. The molecule has 0 radical (unpaired) electrons. The summed E-state index contributed by atoms with van der Waals surface area (Å²) in [6, 6.07) is 7.36. The van der Waals surface area contributed by atoms with Crippen molar-refractivity contribution in [3.8, 4) is 17.2 Å². The number of ketones is 1. The Balaban J connectivity index is 2.58. The smallest absolute Gasteiger partial charge is 0.339 e. The molecule has 7 nitrogen and oxygen atoms in total. The van der Waals surface area contributed by atoms with Crippen LogP contribution < -0.4 is 4.74 Å². The Morgan fingerprint density at radius 1 is 0.955 bits per heavy atom. The lowest BCUT2D eigenvalue weighted by Crippen LogP contribution is -2.07. The van der Waals surface area contributed by atoms with Gasteiger partial charge in [0.1, 0.15) is 22.8 Å². The Hall–Kier alpha value is -3.35. The second-order valence-corrected chi connectivity index (χ2v) is 4.23. The van der Waals surface area contributed by atoms with E-state index in [2.05, 4.69) is 4.74 Å². The van der Waals surface area contributed by atoms with Gasteiger partial charge in [-0.2, -0.15) is 0 Å². The Morgan fingerprint density at radius 2 is 1.64 bits per heavy atom. The van der Waals surface area contributed by atoms with Gasteiger partial charge in [0.05, 0.1) is 11.1 Å². The van der Waals surface area contributed by atoms with Crippen LogP contribution in [0.3, 0.4) is 0 Å². The van der Waals surface area contributed by atoms with E-state index in [9.17, 15) is 24.6 Å². The summed E-state index contributed by atoms with van der Waals surface area (Å²) in [5.41, 5.74) is -0.904. The fourth-order valence-corrected chi connectivity index (χ4v) is 1.88. The van der Waals surface area contributed by atoms with Gasteiger partial charge in [0, 0.05) is 6.07 Å². The summed E-state index contributed by atoms with van der Waals surface area (Å²) in [5, 5.41) is 28.6. The molecule has 0 aliphatic heterocycles. The lowest BCUT2D eigenvalue weighted by molar-refractivity contribution is -0.120. The fraction of sp³-hybridized carbons (Fsp3) is 0. The Kier molecular flexibility index (Phi) is 4.08.